The van der Waals surface area contributed by atoms with Gasteiger partial charge in [-0.1, -0.05) is 18.2 Å². The number of methoxy groups -OCH3 is 1. The lowest BCUT2D eigenvalue weighted by Gasteiger charge is -2.24. The van der Waals surface area contributed by atoms with Crippen LogP contribution in [0.2, 0.25) is 0 Å². The molecule has 1 aromatic heterocycles. The maximum atomic E-state index is 13.3. The van der Waals surface area contributed by atoms with E-state index in [4.69, 9.17) is 14.7 Å². The molecule has 0 aliphatic carbocycles. The van der Waals surface area contributed by atoms with Crippen LogP contribution in [0, 0.1) is 0 Å². The lowest BCUT2D eigenvalue weighted by molar-refractivity contribution is -0.129. The van der Waals surface area contributed by atoms with Gasteiger partial charge in [-0.3, -0.25) is 9.69 Å². The largest absolute Gasteiger partial charge is 0.497 e. The quantitative estimate of drug-likeness (QED) is 0.545. The van der Waals surface area contributed by atoms with E-state index in [0.29, 0.717) is 28.1 Å². The number of thiazole rings is 1. The van der Waals surface area contributed by atoms with Crippen LogP contribution in [0.15, 0.2) is 58.3 Å². The third kappa shape index (κ3) is 3.80. The van der Waals surface area contributed by atoms with Gasteiger partial charge in [-0.25, -0.2) is 9.98 Å². The fourth-order valence-corrected chi connectivity index (χ4v) is 4.58. The zero-order chi connectivity index (χ0) is 23.1. The molecule has 1 atom stereocenters. The normalized spacial score (nSPS) is 18.5. The number of carbonyl (C=O) groups is 1. The smallest absolute Gasteiger partial charge is 0.306 e. The van der Waals surface area contributed by atoms with Crippen LogP contribution in [0.1, 0.15) is 11.3 Å². The minimum absolute atomic E-state index is 0.0959. The number of aliphatic imine (C=N–C) groups is 1. The highest BCUT2D eigenvalue weighted by Crippen LogP contribution is 2.41. The zero-order valence-corrected chi connectivity index (χ0v) is 19.1. The number of hydrogen-bond acceptors (Lipinski definition) is 9. The predicted molar refractivity (Wildman–Crippen MR) is 121 cm³/mol. The minimum atomic E-state index is -3.73. The van der Waals surface area contributed by atoms with Crippen LogP contribution >= 0.6 is 11.3 Å². The van der Waals surface area contributed by atoms with Gasteiger partial charge in [0.2, 0.25) is 5.54 Å². The van der Waals surface area contributed by atoms with Crippen LogP contribution in [-0.2, 0) is 20.5 Å². The molecule has 2 aromatic carbocycles. The maximum Gasteiger partial charge on any atom is 0.306 e. The summed E-state index contributed by atoms with van der Waals surface area (Å²) in [4.78, 5) is 23.5. The molecule has 1 aliphatic heterocycles. The highest BCUT2D eigenvalue weighted by molar-refractivity contribution is 7.86. The number of aromatic nitrogens is 1. The number of likely N-dealkylation sites (N-methyl/N-ethyl adjacent to an activating group) is 1. The Bertz CT molecular complexity index is 1320. The predicted octanol–water partition coefficient (Wildman–Crippen LogP) is 2.19. The molecule has 0 spiro atoms. The monoisotopic (exact) mass is 472 g/mol. The molecule has 4 rings (SSSR count). The average Bonchev–Trinajstić information content (AvgIpc) is 3.36. The molecule has 11 heteroatoms. The lowest BCUT2D eigenvalue weighted by Crippen LogP contribution is -2.41. The molecule has 1 aliphatic rings. The van der Waals surface area contributed by atoms with Gasteiger partial charge >= 0.3 is 10.1 Å². The van der Waals surface area contributed by atoms with Crippen molar-refractivity contribution in [1.82, 2.24) is 9.88 Å². The maximum absolute atomic E-state index is 13.3. The van der Waals surface area contributed by atoms with E-state index >= 15 is 0 Å². The Labute approximate surface area is 189 Å². The molecular weight excluding hydrogens is 452 g/mol. The number of amides is 1. The number of rotatable bonds is 6. The van der Waals surface area contributed by atoms with E-state index in [9.17, 15) is 13.2 Å². The third-order valence-corrected chi connectivity index (χ3v) is 6.10. The van der Waals surface area contributed by atoms with Crippen LogP contribution in [-0.4, -0.2) is 50.6 Å². The highest BCUT2D eigenvalue weighted by Gasteiger charge is 2.51. The van der Waals surface area contributed by atoms with Crippen LogP contribution in [0.5, 0.6) is 11.5 Å². The van der Waals surface area contributed by atoms with Crippen LogP contribution in [0.25, 0.3) is 11.1 Å². The van der Waals surface area contributed by atoms with Crippen molar-refractivity contribution in [1.29, 1.82) is 0 Å². The zero-order valence-electron chi connectivity index (χ0n) is 17.5. The average molecular weight is 473 g/mol. The second kappa shape index (κ2) is 7.92. The Morgan fingerprint density at radius 3 is 2.47 bits per heavy atom. The van der Waals surface area contributed by atoms with Crippen molar-refractivity contribution in [3.8, 4) is 22.6 Å². The van der Waals surface area contributed by atoms with Crippen molar-refractivity contribution < 1.29 is 22.1 Å². The molecule has 1 amide bonds. The minimum Gasteiger partial charge on any atom is -0.497 e. The molecule has 3 aromatic rings. The number of benzene rings is 2. The van der Waals surface area contributed by atoms with Gasteiger partial charge in [0.15, 0.2) is 5.96 Å². The Morgan fingerprint density at radius 1 is 1.12 bits per heavy atom. The Morgan fingerprint density at radius 2 is 1.88 bits per heavy atom. The van der Waals surface area contributed by atoms with Crippen molar-refractivity contribution in [2.75, 3.05) is 20.4 Å². The summed E-state index contributed by atoms with van der Waals surface area (Å²) in [6.07, 6.45) is 0.967. The summed E-state index contributed by atoms with van der Waals surface area (Å²) in [5, 5.41) is 1.77. The van der Waals surface area contributed by atoms with E-state index in [1.807, 2.05) is 6.07 Å². The molecule has 2 N–H and O–H groups in total. The molecule has 0 saturated heterocycles. The molecule has 32 heavy (non-hydrogen) atoms. The molecular formula is C21H20N4O5S2. The first-order valence-corrected chi connectivity index (χ1v) is 12.1. The first-order valence-electron chi connectivity index (χ1n) is 9.35. The molecule has 0 fully saturated rings. The first kappa shape index (κ1) is 21.8. The van der Waals surface area contributed by atoms with Crippen molar-refractivity contribution in [3.63, 3.8) is 0 Å². The van der Waals surface area contributed by atoms with E-state index in [-0.39, 0.29) is 17.6 Å². The van der Waals surface area contributed by atoms with Gasteiger partial charge < -0.3 is 14.7 Å². The van der Waals surface area contributed by atoms with Crippen molar-refractivity contribution in [3.05, 3.63) is 64.6 Å². The summed E-state index contributed by atoms with van der Waals surface area (Å²) in [6.45, 7) is 0. The molecule has 2 heterocycles. The van der Waals surface area contributed by atoms with Crippen LogP contribution in [0.3, 0.4) is 0 Å². The molecule has 1 unspecified atom stereocenters. The number of nitrogens with zero attached hydrogens (tertiary/aromatic N) is 3. The fourth-order valence-electron chi connectivity index (χ4n) is 3.54. The summed E-state index contributed by atoms with van der Waals surface area (Å²) < 4.78 is 33.6. The van der Waals surface area contributed by atoms with Gasteiger partial charge in [0.25, 0.3) is 5.91 Å². The number of nitrogens with two attached hydrogens (primary N) is 1. The Kier molecular flexibility index (Phi) is 5.39. The van der Waals surface area contributed by atoms with Crippen molar-refractivity contribution >= 4 is 33.3 Å². The SMILES string of the molecule is COc1cc(OS(C)(=O)=O)cc(-c2cccc(C3(c4cscn4)N=C(N)N(C)C3=O)c2)c1. The summed E-state index contributed by atoms with van der Waals surface area (Å²) >= 11 is 1.35. The van der Waals surface area contributed by atoms with Gasteiger partial charge in [0, 0.05) is 18.5 Å². The molecule has 0 bridgehead atoms. The van der Waals surface area contributed by atoms with Crippen LogP contribution < -0.4 is 14.7 Å². The molecule has 166 valence electrons. The Hall–Kier alpha value is -3.44. The van der Waals surface area contributed by atoms with Gasteiger partial charge in [-0.15, -0.1) is 11.3 Å². The lowest BCUT2D eigenvalue weighted by atomic mass is 9.85. The number of ether oxygens (including phenoxy) is 1. The first-order chi connectivity index (χ1) is 15.1. The van der Waals surface area contributed by atoms with Gasteiger partial charge in [0.05, 0.1) is 24.6 Å². The van der Waals surface area contributed by atoms with Crippen molar-refractivity contribution in [2.24, 2.45) is 10.7 Å². The fraction of sp³-hybridized carbons (Fsp3) is 0.190. The standard InChI is InChI=1S/C21H20N4O5S2/c1-25-19(26)21(24-20(25)22,18-11-31-12-23-18)15-6-4-5-13(7-15)14-8-16(29-2)10-17(9-14)30-32(3,27)28/h4-12H,1-3H3,(H2,22,24). The van der Waals surface area contributed by atoms with E-state index in [1.165, 1.54) is 29.4 Å². The molecule has 0 saturated carbocycles. The summed E-state index contributed by atoms with van der Waals surface area (Å²) in [6, 6.07) is 12.0. The number of hydrogen-bond donors (Lipinski definition) is 1. The topological polar surface area (TPSA) is 124 Å². The number of carbonyl (C=O) groups excluding carboxylic acids is 1. The van der Waals surface area contributed by atoms with E-state index in [1.54, 1.807) is 48.3 Å². The Balaban J connectivity index is 1.87. The third-order valence-electron chi connectivity index (χ3n) is 5.02. The molecule has 0 radical (unpaired) electrons. The van der Waals surface area contributed by atoms with Gasteiger partial charge in [-0.05, 0) is 34.9 Å². The van der Waals surface area contributed by atoms with E-state index < -0.39 is 15.7 Å². The van der Waals surface area contributed by atoms with Crippen molar-refractivity contribution in [2.45, 2.75) is 5.54 Å². The van der Waals surface area contributed by atoms with Gasteiger partial charge in [0.1, 0.15) is 11.5 Å². The second-order valence-corrected chi connectivity index (χ2v) is 9.48. The summed E-state index contributed by atoms with van der Waals surface area (Å²) in [7, 11) is -0.687. The summed E-state index contributed by atoms with van der Waals surface area (Å²) in [5.74, 6) is 0.309. The van der Waals surface area contributed by atoms with E-state index in [0.717, 1.165) is 6.26 Å². The van der Waals surface area contributed by atoms with Crippen LogP contribution in [0.4, 0.5) is 0 Å². The second-order valence-electron chi connectivity index (χ2n) is 7.18. The summed E-state index contributed by atoms with van der Waals surface area (Å²) in [5.41, 5.74) is 8.61. The highest BCUT2D eigenvalue weighted by atomic mass is 32.2. The number of guanidine groups is 1. The molecule has 9 nitrogen and oxygen atoms in total. The van der Waals surface area contributed by atoms with E-state index in [2.05, 4.69) is 9.98 Å². The van der Waals surface area contributed by atoms with Gasteiger partial charge in [-0.2, -0.15) is 8.42 Å².